The van der Waals surface area contributed by atoms with Gasteiger partial charge in [0.05, 0.1) is 16.1 Å². The highest BCUT2D eigenvalue weighted by atomic mass is 79.9. The number of hydrogen-bond donors (Lipinski definition) is 1. The summed E-state index contributed by atoms with van der Waals surface area (Å²) in [6.45, 7) is 0. The van der Waals surface area contributed by atoms with E-state index in [0.717, 1.165) is 21.7 Å². The molecular weight excluding hydrogens is 337 g/mol. The van der Waals surface area contributed by atoms with Gasteiger partial charge in [-0.3, -0.25) is 0 Å². The SMILES string of the molecule is Fc1cc(Br)ccc1NC1CCc2sc(Cl)cc21. The van der Waals surface area contributed by atoms with Crippen molar-refractivity contribution >= 4 is 44.6 Å². The molecule has 0 spiro atoms. The summed E-state index contributed by atoms with van der Waals surface area (Å²) in [5.74, 6) is -0.237. The van der Waals surface area contributed by atoms with E-state index in [2.05, 4.69) is 21.2 Å². The average Bonchev–Trinajstić information content (AvgIpc) is 2.83. The largest absolute Gasteiger partial charge is 0.376 e. The first-order chi connectivity index (χ1) is 8.63. The van der Waals surface area contributed by atoms with Gasteiger partial charge in [0.25, 0.3) is 0 Å². The molecule has 1 nitrogen and oxygen atoms in total. The van der Waals surface area contributed by atoms with E-state index in [0.29, 0.717) is 5.69 Å². The highest BCUT2D eigenvalue weighted by Gasteiger charge is 2.25. The van der Waals surface area contributed by atoms with Gasteiger partial charge in [-0.25, -0.2) is 4.39 Å². The first-order valence-electron chi connectivity index (χ1n) is 5.63. The van der Waals surface area contributed by atoms with Gasteiger partial charge in [-0.15, -0.1) is 11.3 Å². The highest BCUT2D eigenvalue weighted by molar-refractivity contribution is 9.10. The Morgan fingerprint density at radius 3 is 3.00 bits per heavy atom. The maximum atomic E-state index is 13.8. The summed E-state index contributed by atoms with van der Waals surface area (Å²) in [6, 6.07) is 7.22. The van der Waals surface area contributed by atoms with Crippen molar-refractivity contribution in [2.45, 2.75) is 18.9 Å². The number of hydrogen-bond acceptors (Lipinski definition) is 2. The van der Waals surface area contributed by atoms with E-state index >= 15 is 0 Å². The third-order valence-corrected chi connectivity index (χ3v) is 4.94. The summed E-state index contributed by atoms with van der Waals surface area (Å²) in [6.07, 6.45) is 2.01. The smallest absolute Gasteiger partial charge is 0.147 e. The van der Waals surface area contributed by atoms with Crippen LogP contribution in [0.4, 0.5) is 10.1 Å². The standard InChI is InChI=1S/C13H10BrClFNS/c14-7-1-2-11(9(16)5-7)17-10-3-4-12-8(10)6-13(15)18-12/h1-2,5-6,10,17H,3-4H2. The van der Waals surface area contributed by atoms with E-state index in [1.807, 2.05) is 12.1 Å². The van der Waals surface area contributed by atoms with Gasteiger partial charge in [-0.05, 0) is 42.7 Å². The molecule has 0 radical (unpaired) electrons. The molecule has 1 unspecified atom stereocenters. The van der Waals surface area contributed by atoms with Gasteiger partial charge in [0, 0.05) is 9.35 Å². The van der Waals surface area contributed by atoms with Gasteiger partial charge in [0.2, 0.25) is 0 Å². The molecular formula is C13H10BrClFNS. The molecule has 3 rings (SSSR count). The number of benzene rings is 1. The molecule has 0 fully saturated rings. The second kappa shape index (κ2) is 4.83. The van der Waals surface area contributed by atoms with Crippen LogP contribution < -0.4 is 5.32 Å². The fourth-order valence-corrected chi connectivity index (χ4v) is 3.96. The second-order valence-corrected chi connectivity index (χ2v) is 6.97. The van der Waals surface area contributed by atoms with Crippen molar-refractivity contribution in [3.8, 4) is 0 Å². The molecule has 94 valence electrons. The molecule has 18 heavy (non-hydrogen) atoms. The van der Waals surface area contributed by atoms with E-state index in [9.17, 15) is 4.39 Å². The molecule has 1 aromatic carbocycles. The summed E-state index contributed by atoms with van der Waals surface area (Å²) in [4.78, 5) is 1.31. The maximum Gasteiger partial charge on any atom is 0.147 e. The van der Waals surface area contributed by atoms with Gasteiger partial charge in [0.1, 0.15) is 5.82 Å². The Kier molecular flexibility index (Phi) is 3.34. The van der Waals surface area contributed by atoms with Crippen molar-refractivity contribution in [2.75, 3.05) is 5.32 Å². The van der Waals surface area contributed by atoms with Gasteiger partial charge in [0.15, 0.2) is 0 Å². The molecule has 1 atom stereocenters. The van der Waals surface area contributed by atoms with E-state index in [-0.39, 0.29) is 11.9 Å². The minimum absolute atomic E-state index is 0.166. The van der Waals surface area contributed by atoms with Crippen molar-refractivity contribution in [1.29, 1.82) is 0 Å². The van der Waals surface area contributed by atoms with Crippen LogP contribution in [0, 0.1) is 5.82 Å². The van der Waals surface area contributed by atoms with E-state index in [1.165, 1.54) is 16.5 Å². The topological polar surface area (TPSA) is 12.0 Å². The van der Waals surface area contributed by atoms with Gasteiger partial charge in [-0.1, -0.05) is 27.5 Å². The van der Waals surface area contributed by atoms with Crippen molar-refractivity contribution < 1.29 is 4.39 Å². The van der Waals surface area contributed by atoms with Crippen molar-refractivity contribution in [2.24, 2.45) is 0 Å². The summed E-state index contributed by atoms with van der Waals surface area (Å²) < 4.78 is 15.3. The lowest BCUT2D eigenvalue weighted by atomic mass is 10.1. The Morgan fingerprint density at radius 2 is 2.22 bits per heavy atom. The number of aryl methyl sites for hydroxylation is 1. The quantitative estimate of drug-likeness (QED) is 0.767. The molecule has 0 bridgehead atoms. The van der Waals surface area contributed by atoms with E-state index in [4.69, 9.17) is 11.6 Å². The fraction of sp³-hybridized carbons (Fsp3) is 0.231. The molecule has 1 aromatic heterocycles. The van der Waals surface area contributed by atoms with Crippen LogP contribution in [0.5, 0.6) is 0 Å². The first kappa shape index (κ1) is 12.5. The third kappa shape index (κ3) is 2.29. The van der Waals surface area contributed by atoms with Crippen molar-refractivity contribution in [3.05, 3.63) is 49.3 Å². The molecule has 1 aliphatic rings. The minimum Gasteiger partial charge on any atom is -0.376 e. The van der Waals surface area contributed by atoms with Crippen LogP contribution in [0.25, 0.3) is 0 Å². The minimum atomic E-state index is -0.237. The van der Waals surface area contributed by atoms with Crippen LogP contribution in [0.2, 0.25) is 4.34 Å². The Morgan fingerprint density at radius 1 is 1.39 bits per heavy atom. The molecule has 0 aliphatic heterocycles. The third-order valence-electron chi connectivity index (χ3n) is 3.11. The van der Waals surface area contributed by atoms with Crippen molar-refractivity contribution in [3.63, 3.8) is 0 Å². The lowest BCUT2D eigenvalue weighted by molar-refractivity contribution is 0.624. The molecule has 0 saturated carbocycles. The molecule has 2 aromatic rings. The number of rotatable bonds is 2. The number of halogens is 3. The Bertz CT molecular complexity index is 599. The zero-order chi connectivity index (χ0) is 12.7. The van der Waals surface area contributed by atoms with Gasteiger partial charge in [-0.2, -0.15) is 0 Å². The van der Waals surface area contributed by atoms with Gasteiger partial charge < -0.3 is 5.32 Å². The van der Waals surface area contributed by atoms with Crippen LogP contribution in [0.3, 0.4) is 0 Å². The molecule has 5 heteroatoms. The Labute approximate surface area is 122 Å². The highest BCUT2D eigenvalue weighted by Crippen LogP contribution is 2.41. The lowest BCUT2D eigenvalue weighted by Gasteiger charge is -2.15. The zero-order valence-electron chi connectivity index (χ0n) is 9.34. The second-order valence-electron chi connectivity index (χ2n) is 4.29. The zero-order valence-corrected chi connectivity index (χ0v) is 12.5. The number of fused-ring (bicyclic) bond motifs is 1. The fourth-order valence-electron chi connectivity index (χ4n) is 2.27. The number of nitrogens with one attached hydrogen (secondary N) is 1. The molecule has 1 aliphatic carbocycles. The number of anilines is 1. The molecule has 1 N–H and O–H groups in total. The van der Waals surface area contributed by atoms with Gasteiger partial charge >= 0.3 is 0 Å². The first-order valence-corrected chi connectivity index (χ1v) is 7.62. The Balaban J connectivity index is 1.85. The summed E-state index contributed by atoms with van der Waals surface area (Å²) in [5, 5.41) is 3.26. The monoisotopic (exact) mass is 345 g/mol. The van der Waals surface area contributed by atoms with Crippen LogP contribution in [0.15, 0.2) is 28.7 Å². The summed E-state index contributed by atoms with van der Waals surface area (Å²) in [5.41, 5.74) is 1.76. The van der Waals surface area contributed by atoms with Crippen LogP contribution in [-0.4, -0.2) is 0 Å². The lowest BCUT2D eigenvalue weighted by Crippen LogP contribution is -2.07. The average molecular weight is 347 g/mol. The van der Waals surface area contributed by atoms with Crippen LogP contribution in [0.1, 0.15) is 22.9 Å². The predicted molar refractivity (Wildman–Crippen MR) is 78.1 cm³/mol. The van der Waals surface area contributed by atoms with Crippen molar-refractivity contribution in [1.82, 2.24) is 0 Å². The van der Waals surface area contributed by atoms with E-state index in [1.54, 1.807) is 17.4 Å². The van der Waals surface area contributed by atoms with Crippen LogP contribution >= 0.6 is 38.9 Å². The summed E-state index contributed by atoms with van der Waals surface area (Å²) in [7, 11) is 0. The Hall–Kier alpha value is -0.580. The molecule has 0 saturated heterocycles. The number of thiophene rings is 1. The van der Waals surface area contributed by atoms with E-state index < -0.39 is 0 Å². The molecule has 1 heterocycles. The maximum absolute atomic E-state index is 13.8. The normalized spacial score (nSPS) is 17.8. The van der Waals surface area contributed by atoms with Crippen LogP contribution in [-0.2, 0) is 6.42 Å². The summed E-state index contributed by atoms with van der Waals surface area (Å²) >= 11 is 10.9. The predicted octanol–water partition coefficient (Wildman–Crippen LogP) is 5.40. The molecule has 0 amide bonds.